The fourth-order valence-corrected chi connectivity index (χ4v) is 6.88. The highest BCUT2D eigenvalue weighted by molar-refractivity contribution is 5.82. The van der Waals surface area contributed by atoms with Crippen LogP contribution in [-0.2, 0) is 27.2 Å². The molecule has 1 aromatic carbocycles. The Bertz CT molecular complexity index is 1120. The van der Waals surface area contributed by atoms with E-state index in [1.54, 1.807) is 12.0 Å². The van der Waals surface area contributed by atoms with Crippen molar-refractivity contribution in [3.8, 4) is 0 Å². The Kier molecular flexibility index (Phi) is 7.24. The van der Waals surface area contributed by atoms with Gasteiger partial charge in [-0.25, -0.2) is 9.78 Å². The van der Waals surface area contributed by atoms with Crippen molar-refractivity contribution >= 4 is 23.1 Å². The highest BCUT2D eigenvalue weighted by atomic mass is 16.5. The van der Waals surface area contributed by atoms with E-state index in [4.69, 9.17) is 14.5 Å². The van der Waals surface area contributed by atoms with E-state index >= 15 is 0 Å². The van der Waals surface area contributed by atoms with Crippen LogP contribution in [0.5, 0.6) is 0 Å². The summed E-state index contributed by atoms with van der Waals surface area (Å²) in [5.41, 5.74) is 4.41. The van der Waals surface area contributed by atoms with Gasteiger partial charge in [-0.3, -0.25) is 4.79 Å². The molecule has 0 saturated heterocycles. The fourth-order valence-electron chi connectivity index (χ4n) is 6.88. The lowest BCUT2D eigenvalue weighted by Crippen LogP contribution is -2.35. The van der Waals surface area contributed by atoms with E-state index in [1.165, 1.54) is 12.7 Å². The lowest BCUT2D eigenvalue weighted by molar-refractivity contribution is -0.143. The number of methoxy groups -OCH3 is 2. The number of rotatable bonds is 5. The van der Waals surface area contributed by atoms with E-state index in [9.17, 15) is 14.7 Å². The standard InChI is InChI=1S/C28H39N3O5/c1-17(18-7-10-22(35-2)11-8-18)31-24-12-9-19-13-14-30(28(34)36-3)16-23(19)25(24)29-26(31)20-5-4-6-21(15-20)27(32)33/h9,12,17-18,20-22H,4-8,10-11,13-16H2,1-3H3,(H,32,33)/t17-,18?,20-,21-,22?/m1/s1. The molecule has 3 atom stereocenters. The van der Waals surface area contributed by atoms with E-state index in [-0.39, 0.29) is 24.0 Å². The van der Waals surface area contributed by atoms with Gasteiger partial charge in [0.25, 0.3) is 0 Å². The van der Waals surface area contributed by atoms with Crippen molar-refractivity contribution in [1.82, 2.24) is 14.5 Å². The van der Waals surface area contributed by atoms with Crippen LogP contribution in [0.2, 0.25) is 0 Å². The summed E-state index contributed by atoms with van der Waals surface area (Å²) in [6, 6.07) is 4.66. The molecule has 1 amide bonds. The number of fused-ring (bicyclic) bond motifs is 3. The number of nitrogens with zero attached hydrogens (tertiary/aromatic N) is 3. The van der Waals surface area contributed by atoms with Gasteiger partial charge in [0.15, 0.2) is 0 Å². The molecule has 5 rings (SSSR count). The zero-order chi connectivity index (χ0) is 25.4. The summed E-state index contributed by atoms with van der Waals surface area (Å²) in [5.74, 6) is 0.670. The van der Waals surface area contributed by atoms with Crippen LogP contribution in [0.1, 0.15) is 87.2 Å². The Morgan fingerprint density at radius 2 is 1.89 bits per heavy atom. The van der Waals surface area contributed by atoms with Gasteiger partial charge in [-0.2, -0.15) is 0 Å². The van der Waals surface area contributed by atoms with Crippen molar-refractivity contribution in [2.24, 2.45) is 11.8 Å². The molecule has 1 N–H and O–H groups in total. The number of hydrogen-bond acceptors (Lipinski definition) is 5. The maximum Gasteiger partial charge on any atom is 0.409 e. The lowest BCUT2D eigenvalue weighted by atomic mass is 9.80. The molecule has 36 heavy (non-hydrogen) atoms. The van der Waals surface area contributed by atoms with Crippen molar-refractivity contribution in [3.05, 3.63) is 29.1 Å². The summed E-state index contributed by atoms with van der Waals surface area (Å²) in [6.45, 7) is 3.44. The molecule has 0 unspecified atom stereocenters. The number of imidazole rings is 1. The van der Waals surface area contributed by atoms with Gasteiger partial charge in [0.2, 0.25) is 0 Å². The quantitative estimate of drug-likeness (QED) is 0.604. The van der Waals surface area contributed by atoms with Crippen LogP contribution in [0.25, 0.3) is 11.0 Å². The molecule has 2 aliphatic carbocycles. The summed E-state index contributed by atoms with van der Waals surface area (Å²) < 4.78 is 13.1. The molecule has 8 nitrogen and oxygen atoms in total. The lowest BCUT2D eigenvalue weighted by Gasteiger charge is -2.35. The molecule has 3 aliphatic rings. The summed E-state index contributed by atoms with van der Waals surface area (Å²) in [4.78, 5) is 31.2. The molecule has 8 heteroatoms. The third kappa shape index (κ3) is 4.60. The first-order valence-corrected chi connectivity index (χ1v) is 13.5. The third-order valence-corrected chi connectivity index (χ3v) is 9.05. The topological polar surface area (TPSA) is 93.9 Å². The summed E-state index contributed by atoms with van der Waals surface area (Å²) in [6.07, 6.45) is 8.44. The zero-order valence-corrected chi connectivity index (χ0v) is 21.7. The average Bonchev–Trinajstić information content (AvgIpc) is 3.32. The van der Waals surface area contributed by atoms with Gasteiger partial charge in [-0.1, -0.05) is 12.5 Å². The number of carboxylic acid groups (broad SMARTS) is 1. The smallest absolute Gasteiger partial charge is 0.409 e. The zero-order valence-electron chi connectivity index (χ0n) is 21.7. The van der Waals surface area contributed by atoms with Crippen LogP contribution in [0, 0.1) is 11.8 Å². The summed E-state index contributed by atoms with van der Waals surface area (Å²) in [5, 5.41) is 9.75. The Morgan fingerprint density at radius 1 is 1.11 bits per heavy atom. The van der Waals surface area contributed by atoms with Crippen molar-refractivity contribution in [1.29, 1.82) is 0 Å². The van der Waals surface area contributed by atoms with E-state index in [2.05, 4.69) is 23.6 Å². The first kappa shape index (κ1) is 25.1. The monoisotopic (exact) mass is 497 g/mol. The predicted octanol–water partition coefficient (Wildman–Crippen LogP) is 5.29. The molecular formula is C28H39N3O5. The molecule has 0 spiro atoms. The van der Waals surface area contributed by atoms with Gasteiger partial charge in [0, 0.05) is 31.2 Å². The average molecular weight is 498 g/mol. The molecule has 0 bridgehead atoms. The summed E-state index contributed by atoms with van der Waals surface area (Å²) >= 11 is 0. The molecular weight excluding hydrogens is 458 g/mol. The Morgan fingerprint density at radius 3 is 2.58 bits per heavy atom. The number of carbonyl (C=O) groups excluding carboxylic acids is 1. The minimum atomic E-state index is -0.695. The largest absolute Gasteiger partial charge is 0.481 e. The second-order valence-electron chi connectivity index (χ2n) is 11.0. The van der Waals surface area contributed by atoms with Crippen LogP contribution < -0.4 is 0 Å². The van der Waals surface area contributed by atoms with Crippen LogP contribution in [0.15, 0.2) is 12.1 Å². The highest BCUT2D eigenvalue weighted by Gasteiger charge is 2.35. The van der Waals surface area contributed by atoms with Gasteiger partial charge in [0.05, 0.1) is 36.7 Å². The van der Waals surface area contributed by atoms with Gasteiger partial charge in [-0.05, 0) is 75.8 Å². The number of hydrogen-bond donors (Lipinski definition) is 1. The van der Waals surface area contributed by atoms with Crippen LogP contribution >= 0.6 is 0 Å². The van der Waals surface area contributed by atoms with Crippen molar-refractivity contribution in [3.63, 3.8) is 0 Å². The molecule has 2 fully saturated rings. The van der Waals surface area contributed by atoms with Crippen molar-refractivity contribution in [2.45, 2.75) is 89.3 Å². The molecule has 196 valence electrons. The maximum atomic E-state index is 12.3. The minimum Gasteiger partial charge on any atom is -0.481 e. The number of ether oxygens (including phenoxy) is 2. The molecule has 1 aliphatic heterocycles. The third-order valence-electron chi connectivity index (χ3n) is 9.05. The number of aliphatic carboxylic acids is 1. The van der Waals surface area contributed by atoms with Crippen LogP contribution in [0.3, 0.4) is 0 Å². The number of aromatic nitrogens is 2. The molecule has 2 aromatic rings. The molecule has 2 saturated carbocycles. The number of carboxylic acids is 1. The van der Waals surface area contributed by atoms with E-state index in [1.807, 2.05) is 0 Å². The van der Waals surface area contributed by atoms with Crippen molar-refractivity contribution < 1.29 is 24.2 Å². The van der Waals surface area contributed by atoms with Crippen molar-refractivity contribution in [2.75, 3.05) is 20.8 Å². The Labute approximate surface area is 213 Å². The van der Waals surface area contributed by atoms with E-state index in [0.717, 1.165) is 73.8 Å². The summed E-state index contributed by atoms with van der Waals surface area (Å²) in [7, 11) is 3.23. The fraction of sp³-hybridized carbons (Fsp3) is 0.679. The molecule has 2 heterocycles. The normalized spacial score (nSPS) is 27.5. The van der Waals surface area contributed by atoms with Gasteiger partial charge in [-0.15, -0.1) is 0 Å². The predicted molar refractivity (Wildman–Crippen MR) is 136 cm³/mol. The number of carbonyl (C=O) groups is 2. The van der Waals surface area contributed by atoms with Gasteiger partial charge in [0.1, 0.15) is 5.82 Å². The number of benzene rings is 1. The second kappa shape index (κ2) is 10.4. The molecule has 0 radical (unpaired) electrons. The van der Waals surface area contributed by atoms with Crippen LogP contribution in [0.4, 0.5) is 4.79 Å². The maximum absolute atomic E-state index is 12.3. The SMILES string of the molecule is COC(=O)N1CCc2ccc3c(nc([C@@H]4CCC[C@@H](C(=O)O)C4)n3[C@H](C)C3CCC(OC)CC3)c2C1. The second-order valence-corrected chi connectivity index (χ2v) is 11.0. The first-order chi connectivity index (χ1) is 17.4. The number of amides is 1. The van der Waals surface area contributed by atoms with Gasteiger partial charge < -0.3 is 24.0 Å². The van der Waals surface area contributed by atoms with E-state index in [0.29, 0.717) is 31.5 Å². The Hall–Kier alpha value is -2.61. The van der Waals surface area contributed by atoms with E-state index < -0.39 is 5.97 Å². The van der Waals surface area contributed by atoms with Crippen LogP contribution in [-0.4, -0.2) is 58.5 Å². The first-order valence-electron chi connectivity index (χ1n) is 13.5. The highest BCUT2D eigenvalue weighted by Crippen LogP contribution is 2.43. The van der Waals surface area contributed by atoms with Gasteiger partial charge >= 0.3 is 12.1 Å². The minimum absolute atomic E-state index is 0.126. The Balaban J connectivity index is 1.57. The molecule has 1 aromatic heterocycles.